The zero-order chi connectivity index (χ0) is 12.5. The lowest BCUT2D eigenvalue weighted by Crippen LogP contribution is -2.08. The van der Waals surface area contributed by atoms with Crippen LogP contribution in [0.15, 0.2) is 24.3 Å². The second kappa shape index (κ2) is 5.90. The Balaban J connectivity index is 1.92. The standard InChI is InChI=1S/C13H17Br2ClP/c1-17(8-12(14)13(15)9-17)7-6-10-2-4-11(16)5-3-10/h2-5,12-13H,6-9H2,1H3/q+1/t12-,13+,17?. The molecule has 1 aliphatic heterocycles. The van der Waals surface area contributed by atoms with Gasteiger partial charge in [-0.2, -0.15) is 0 Å². The van der Waals surface area contributed by atoms with Crippen LogP contribution in [0, 0.1) is 0 Å². The average Bonchev–Trinajstić information content (AvgIpc) is 2.53. The molecule has 0 saturated carbocycles. The summed E-state index contributed by atoms with van der Waals surface area (Å²) in [5, 5.41) is 0.830. The molecule has 94 valence electrons. The molecule has 1 aromatic rings. The predicted molar refractivity (Wildman–Crippen MR) is 88.0 cm³/mol. The highest BCUT2D eigenvalue weighted by molar-refractivity contribution is 9.12. The van der Waals surface area contributed by atoms with E-state index in [4.69, 9.17) is 11.6 Å². The molecule has 2 rings (SSSR count). The van der Waals surface area contributed by atoms with Crippen LogP contribution in [-0.4, -0.2) is 34.8 Å². The highest BCUT2D eigenvalue weighted by Crippen LogP contribution is 2.63. The summed E-state index contributed by atoms with van der Waals surface area (Å²) >= 11 is 13.5. The van der Waals surface area contributed by atoms with E-state index in [1.165, 1.54) is 30.5 Å². The number of alkyl halides is 2. The van der Waals surface area contributed by atoms with E-state index < -0.39 is 7.26 Å². The number of benzene rings is 1. The fraction of sp³-hybridized carbons (Fsp3) is 0.538. The Kier molecular flexibility index (Phi) is 4.97. The largest absolute Gasteiger partial charge is 0.0843 e. The van der Waals surface area contributed by atoms with Gasteiger partial charge in [0.1, 0.15) is 0 Å². The topological polar surface area (TPSA) is 0 Å². The lowest BCUT2D eigenvalue weighted by molar-refractivity contribution is 1.03. The number of rotatable bonds is 3. The van der Waals surface area contributed by atoms with E-state index in [2.05, 4.69) is 50.7 Å². The first kappa shape index (κ1) is 14.3. The van der Waals surface area contributed by atoms with Crippen LogP contribution in [0.4, 0.5) is 0 Å². The van der Waals surface area contributed by atoms with Crippen LogP contribution in [0.5, 0.6) is 0 Å². The summed E-state index contributed by atoms with van der Waals surface area (Å²) in [6.07, 6.45) is 5.30. The minimum absolute atomic E-state index is 0.672. The molecular weight excluding hydrogens is 382 g/mol. The molecule has 1 unspecified atom stereocenters. The number of hydrogen-bond donors (Lipinski definition) is 0. The molecule has 0 N–H and O–H groups in total. The zero-order valence-corrected chi connectivity index (χ0v) is 14.7. The van der Waals surface area contributed by atoms with Crippen LogP contribution in [-0.2, 0) is 6.42 Å². The van der Waals surface area contributed by atoms with Crippen molar-refractivity contribution in [2.45, 2.75) is 16.1 Å². The molecule has 1 heterocycles. The SMILES string of the molecule is C[P+]1(CCc2ccc(Cl)cc2)C[C@@H](Br)[C@@H](Br)C1. The van der Waals surface area contributed by atoms with Crippen LogP contribution in [0.1, 0.15) is 5.56 Å². The van der Waals surface area contributed by atoms with Crippen molar-refractivity contribution in [2.24, 2.45) is 0 Å². The Morgan fingerprint density at radius 3 is 2.24 bits per heavy atom. The van der Waals surface area contributed by atoms with Gasteiger partial charge in [0.05, 0.1) is 28.1 Å². The number of aryl methyl sites for hydroxylation is 1. The summed E-state index contributed by atoms with van der Waals surface area (Å²) < 4.78 is 0. The number of hydrogen-bond acceptors (Lipinski definition) is 0. The van der Waals surface area contributed by atoms with Crippen molar-refractivity contribution in [1.82, 2.24) is 0 Å². The predicted octanol–water partition coefficient (Wildman–Crippen LogP) is 5.07. The smallest absolute Gasteiger partial charge is 0.0729 e. The van der Waals surface area contributed by atoms with E-state index in [1.54, 1.807) is 0 Å². The third kappa shape index (κ3) is 3.93. The Morgan fingerprint density at radius 2 is 1.71 bits per heavy atom. The molecule has 1 aliphatic rings. The Labute approximate surface area is 126 Å². The maximum atomic E-state index is 5.90. The second-order valence-corrected chi connectivity index (χ2v) is 12.3. The molecule has 1 saturated heterocycles. The van der Waals surface area contributed by atoms with Gasteiger partial charge < -0.3 is 0 Å². The quantitative estimate of drug-likeness (QED) is 0.492. The summed E-state index contributed by atoms with van der Waals surface area (Å²) in [4.78, 5) is 1.34. The zero-order valence-electron chi connectivity index (χ0n) is 9.87. The molecule has 1 aromatic carbocycles. The molecule has 1 fully saturated rings. The monoisotopic (exact) mass is 397 g/mol. The van der Waals surface area contributed by atoms with Crippen LogP contribution in [0.3, 0.4) is 0 Å². The summed E-state index contributed by atoms with van der Waals surface area (Å²) in [6.45, 7) is 2.51. The Bertz CT molecular complexity index is 370. The lowest BCUT2D eigenvalue weighted by atomic mass is 10.2. The molecule has 0 aliphatic carbocycles. The van der Waals surface area contributed by atoms with Crippen LogP contribution >= 0.6 is 50.7 Å². The maximum Gasteiger partial charge on any atom is 0.0729 e. The van der Waals surface area contributed by atoms with Gasteiger partial charge in [-0.25, -0.2) is 0 Å². The first-order valence-corrected chi connectivity index (χ1v) is 10.8. The Hall–Kier alpha value is 0.900. The Morgan fingerprint density at radius 1 is 1.18 bits per heavy atom. The van der Waals surface area contributed by atoms with Gasteiger partial charge >= 0.3 is 0 Å². The van der Waals surface area contributed by atoms with E-state index in [0.717, 1.165) is 5.02 Å². The molecule has 0 spiro atoms. The highest BCUT2D eigenvalue weighted by Gasteiger charge is 2.45. The fourth-order valence-corrected chi connectivity index (χ4v) is 11.2. The first-order chi connectivity index (χ1) is 7.98. The van der Waals surface area contributed by atoms with E-state index >= 15 is 0 Å². The van der Waals surface area contributed by atoms with Crippen molar-refractivity contribution in [3.63, 3.8) is 0 Å². The van der Waals surface area contributed by atoms with E-state index in [-0.39, 0.29) is 0 Å². The van der Waals surface area contributed by atoms with Crippen molar-refractivity contribution in [3.05, 3.63) is 34.9 Å². The summed E-state index contributed by atoms with van der Waals surface area (Å²) in [6, 6.07) is 8.30. The molecule has 0 aromatic heterocycles. The maximum absolute atomic E-state index is 5.90. The van der Waals surface area contributed by atoms with Gasteiger partial charge in [0.15, 0.2) is 0 Å². The highest BCUT2D eigenvalue weighted by atomic mass is 79.9. The van der Waals surface area contributed by atoms with Gasteiger partial charge in [-0.3, -0.25) is 0 Å². The van der Waals surface area contributed by atoms with E-state index in [0.29, 0.717) is 9.65 Å². The molecule has 0 amide bonds. The number of halogens is 3. The normalized spacial score (nSPS) is 32.9. The molecule has 0 radical (unpaired) electrons. The van der Waals surface area contributed by atoms with Crippen molar-refractivity contribution >= 4 is 50.7 Å². The minimum atomic E-state index is -0.736. The molecule has 17 heavy (non-hydrogen) atoms. The van der Waals surface area contributed by atoms with E-state index in [9.17, 15) is 0 Å². The van der Waals surface area contributed by atoms with Crippen molar-refractivity contribution < 1.29 is 0 Å². The third-order valence-electron chi connectivity index (χ3n) is 3.48. The molecule has 4 heteroatoms. The lowest BCUT2D eigenvalue weighted by Gasteiger charge is -2.16. The summed E-state index contributed by atoms with van der Waals surface area (Å²) in [5.74, 6) is 0. The summed E-state index contributed by atoms with van der Waals surface area (Å²) in [5.41, 5.74) is 1.42. The molecular formula is C13H17Br2ClP+. The van der Waals surface area contributed by atoms with Crippen molar-refractivity contribution in [3.8, 4) is 0 Å². The fourth-order valence-electron chi connectivity index (χ4n) is 2.38. The van der Waals surface area contributed by atoms with Gasteiger partial charge in [-0.05, 0) is 17.7 Å². The minimum Gasteiger partial charge on any atom is -0.0843 e. The molecule has 0 nitrogen and oxygen atoms in total. The summed E-state index contributed by atoms with van der Waals surface area (Å²) in [7, 11) is -0.736. The molecule has 3 atom stereocenters. The van der Waals surface area contributed by atoms with Gasteiger partial charge in [-0.15, -0.1) is 0 Å². The van der Waals surface area contributed by atoms with Gasteiger partial charge in [0.25, 0.3) is 0 Å². The molecule has 0 bridgehead atoms. The van der Waals surface area contributed by atoms with Gasteiger partial charge in [0, 0.05) is 25.4 Å². The second-order valence-electron chi connectivity index (χ2n) is 5.12. The third-order valence-corrected chi connectivity index (χ3v) is 11.2. The van der Waals surface area contributed by atoms with Crippen LogP contribution in [0.25, 0.3) is 0 Å². The van der Waals surface area contributed by atoms with Gasteiger partial charge in [0.2, 0.25) is 0 Å². The van der Waals surface area contributed by atoms with Crippen LogP contribution in [0.2, 0.25) is 5.02 Å². The van der Waals surface area contributed by atoms with E-state index in [1.807, 2.05) is 12.1 Å². The van der Waals surface area contributed by atoms with Crippen molar-refractivity contribution in [1.29, 1.82) is 0 Å². The van der Waals surface area contributed by atoms with Crippen molar-refractivity contribution in [2.75, 3.05) is 25.2 Å². The van der Waals surface area contributed by atoms with Gasteiger partial charge in [-0.1, -0.05) is 55.6 Å². The average molecular weight is 400 g/mol. The first-order valence-electron chi connectivity index (χ1n) is 5.85. The van der Waals surface area contributed by atoms with Crippen LogP contribution < -0.4 is 0 Å².